The van der Waals surface area contributed by atoms with Crippen LogP contribution in [0.1, 0.15) is 31.2 Å². The van der Waals surface area contributed by atoms with Crippen LogP contribution < -0.4 is 10.2 Å². The fourth-order valence-electron chi connectivity index (χ4n) is 2.52. The van der Waals surface area contributed by atoms with Crippen LogP contribution >= 0.6 is 30.6 Å². The Hall–Kier alpha value is -1.03. The summed E-state index contributed by atoms with van der Waals surface area (Å²) in [7, 11) is 0.192. The van der Waals surface area contributed by atoms with Gasteiger partial charge in [0.05, 0.1) is 6.61 Å². The van der Waals surface area contributed by atoms with E-state index in [1.54, 1.807) is 30.3 Å². The molecule has 0 radical (unpaired) electrons. The Balaban J connectivity index is 2.48. The third-order valence-electron chi connectivity index (χ3n) is 4.09. The lowest BCUT2D eigenvalue weighted by molar-refractivity contribution is 0.213. The number of benzene rings is 2. The summed E-state index contributed by atoms with van der Waals surface area (Å²) in [6.07, 6.45) is 1.63. The Kier molecular flexibility index (Phi) is 7.57. The normalized spacial score (nSPS) is 14.7. The van der Waals surface area contributed by atoms with Crippen LogP contribution in [0.15, 0.2) is 42.5 Å². The molecule has 0 amide bonds. The van der Waals surface area contributed by atoms with E-state index in [0.29, 0.717) is 5.30 Å². The number of aliphatic hydroxyl groups is 1. The molecule has 2 aromatic rings. The fourth-order valence-corrected chi connectivity index (χ4v) is 5.43. The highest BCUT2D eigenvalue weighted by Gasteiger charge is 2.38. The maximum absolute atomic E-state index is 13.8. The van der Waals surface area contributed by atoms with E-state index in [4.69, 9.17) is 27.7 Å². The number of hydrogen-bond donors (Lipinski definition) is 1. The largest absolute Gasteiger partial charge is 0.378 e. The van der Waals surface area contributed by atoms with Crippen molar-refractivity contribution in [3.63, 3.8) is 0 Å². The van der Waals surface area contributed by atoms with E-state index in [1.807, 2.05) is 38.1 Å². The van der Waals surface area contributed by atoms with Gasteiger partial charge in [0.25, 0.3) is 7.37 Å². The van der Waals surface area contributed by atoms with Crippen molar-refractivity contribution in [2.75, 3.05) is 25.6 Å². The van der Waals surface area contributed by atoms with Gasteiger partial charge in [0, 0.05) is 40.7 Å². The Morgan fingerprint density at radius 1 is 1.12 bits per heavy atom. The Morgan fingerprint density at radius 3 is 2.19 bits per heavy atom. The molecule has 2 rings (SSSR count). The van der Waals surface area contributed by atoms with Crippen LogP contribution in [0.3, 0.4) is 0 Å². The van der Waals surface area contributed by atoms with Gasteiger partial charge in [-0.25, -0.2) is 0 Å². The van der Waals surface area contributed by atoms with Crippen LogP contribution in [0, 0.1) is 0 Å². The summed E-state index contributed by atoms with van der Waals surface area (Å²) in [5.41, 5.74) is 1.19. The summed E-state index contributed by atoms with van der Waals surface area (Å²) in [5, 5.41) is 11.9. The van der Waals surface area contributed by atoms with Crippen molar-refractivity contribution in [2.24, 2.45) is 0 Å². The molecule has 0 aliphatic rings. The van der Waals surface area contributed by atoms with Crippen LogP contribution in [0.5, 0.6) is 0 Å². The van der Waals surface area contributed by atoms with Gasteiger partial charge >= 0.3 is 0 Å². The SMILES string of the molecule is CCCCO[P@](=O)(c1ccc(N(C)C)cc1)[C@@H](O)c1c(Cl)cccc1Cl. The van der Waals surface area contributed by atoms with Gasteiger partial charge in [-0.05, 0) is 42.8 Å². The molecule has 2 aromatic carbocycles. The van der Waals surface area contributed by atoms with Crippen molar-refractivity contribution in [1.29, 1.82) is 0 Å². The number of hydrogen-bond acceptors (Lipinski definition) is 4. The van der Waals surface area contributed by atoms with Crippen molar-refractivity contribution in [2.45, 2.75) is 25.6 Å². The molecule has 0 saturated carbocycles. The first-order chi connectivity index (χ1) is 12.3. The zero-order valence-electron chi connectivity index (χ0n) is 15.2. The number of rotatable bonds is 8. The van der Waals surface area contributed by atoms with Gasteiger partial charge < -0.3 is 14.5 Å². The molecule has 0 fully saturated rings. The lowest BCUT2D eigenvalue weighted by Crippen LogP contribution is -2.17. The molecule has 0 heterocycles. The predicted molar refractivity (Wildman–Crippen MR) is 110 cm³/mol. The third kappa shape index (κ3) is 4.62. The van der Waals surface area contributed by atoms with E-state index in [9.17, 15) is 9.67 Å². The summed E-state index contributed by atoms with van der Waals surface area (Å²) in [6, 6.07) is 12.0. The number of aliphatic hydroxyl groups excluding tert-OH is 1. The second kappa shape index (κ2) is 9.25. The second-order valence-electron chi connectivity index (χ2n) is 6.20. The van der Waals surface area contributed by atoms with Gasteiger partial charge in [-0.3, -0.25) is 4.57 Å². The molecule has 2 atom stereocenters. The molecule has 0 aliphatic carbocycles. The summed E-state index contributed by atoms with van der Waals surface area (Å²) in [6.45, 7) is 2.30. The highest BCUT2D eigenvalue weighted by molar-refractivity contribution is 7.67. The molecule has 26 heavy (non-hydrogen) atoms. The first kappa shape index (κ1) is 21.3. The van der Waals surface area contributed by atoms with Crippen LogP contribution in [0.2, 0.25) is 10.0 Å². The summed E-state index contributed by atoms with van der Waals surface area (Å²) in [4.78, 5) is 1.94. The maximum Gasteiger partial charge on any atom is 0.264 e. The van der Waals surface area contributed by atoms with E-state index < -0.39 is 13.2 Å². The van der Waals surface area contributed by atoms with E-state index in [2.05, 4.69) is 0 Å². The lowest BCUT2D eigenvalue weighted by atomic mass is 10.2. The molecular formula is C19H24Cl2NO3P. The molecule has 0 spiro atoms. The number of nitrogens with zero attached hydrogens (tertiary/aromatic N) is 1. The number of unbranched alkanes of at least 4 members (excludes halogenated alkanes) is 1. The standard InChI is InChI=1S/C19H24Cl2NO3P/c1-4-5-13-25-26(24,15-11-9-14(10-12-15)22(2)3)19(23)18-16(20)7-6-8-17(18)21/h6-12,19,23H,4-5,13H2,1-3H3/t19-,26-/m1/s1. The molecule has 0 saturated heterocycles. The molecule has 0 aliphatic heterocycles. The van der Waals surface area contributed by atoms with Crippen LogP contribution in [-0.4, -0.2) is 25.8 Å². The highest BCUT2D eigenvalue weighted by atomic mass is 35.5. The third-order valence-corrected chi connectivity index (χ3v) is 7.23. The molecule has 0 aromatic heterocycles. The Labute approximate surface area is 165 Å². The smallest absolute Gasteiger partial charge is 0.264 e. The first-order valence-electron chi connectivity index (χ1n) is 8.45. The fraction of sp³-hybridized carbons (Fsp3) is 0.368. The summed E-state index contributed by atoms with van der Waals surface area (Å²) >= 11 is 12.4. The molecule has 7 heteroatoms. The van der Waals surface area contributed by atoms with Crippen LogP contribution in [-0.2, 0) is 9.09 Å². The van der Waals surface area contributed by atoms with Gasteiger partial charge in [0.2, 0.25) is 0 Å². The Bertz CT molecular complexity index is 761. The number of anilines is 1. The maximum atomic E-state index is 13.8. The minimum atomic E-state index is -3.65. The predicted octanol–water partition coefficient (Wildman–Crippen LogP) is 5.47. The topological polar surface area (TPSA) is 49.8 Å². The Morgan fingerprint density at radius 2 is 1.69 bits per heavy atom. The van der Waals surface area contributed by atoms with Gasteiger partial charge in [-0.1, -0.05) is 42.6 Å². The van der Waals surface area contributed by atoms with Crippen molar-refractivity contribution < 1.29 is 14.2 Å². The van der Waals surface area contributed by atoms with E-state index in [0.717, 1.165) is 18.5 Å². The van der Waals surface area contributed by atoms with E-state index in [1.165, 1.54) is 0 Å². The monoisotopic (exact) mass is 415 g/mol. The average molecular weight is 416 g/mol. The number of halogens is 2. The molecule has 1 N–H and O–H groups in total. The van der Waals surface area contributed by atoms with Crippen LogP contribution in [0.4, 0.5) is 5.69 Å². The van der Waals surface area contributed by atoms with E-state index >= 15 is 0 Å². The minimum Gasteiger partial charge on any atom is -0.378 e. The summed E-state index contributed by atoms with van der Waals surface area (Å²) in [5.74, 6) is -1.44. The average Bonchev–Trinajstić information content (AvgIpc) is 2.61. The van der Waals surface area contributed by atoms with Gasteiger partial charge in [0.15, 0.2) is 5.85 Å². The molecule has 0 bridgehead atoms. The van der Waals surface area contributed by atoms with Crippen molar-refractivity contribution in [3.8, 4) is 0 Å². The van der Waals surface area contributed by atoms with Crippen molar-refractivity contribution in [1.82, 2.24) is 0 Å². The summed E-state index contributed by atoms with van der Waals surface area (Å²) < 4.78 is 19.5. The zero-order chi connectivity index (χ0) is 19.3. The zero-order valence-corrected chi connectivity index (χ0v) is 17.6. The van der Waals surface area contributed by atoms with Gasteiger partial charge in [-0.2, -0.15) is 0 Å². The van der Waals surface area contributed by atoms with E-state index in [-0.39, 0.29) is 22.2 Å². The molecule has 0 unspecified atom stereocenters. The second-order valence-corrected chi connectivity index (χ2v) is 9.48. The van der Waals surface area contributed by atoms with Crippen molar-refractivity contribution in [3.05, 3.63) is 58.1 Å². The molecule has 142 valence electrons. The van der Waals surface area contributed by atoms with Crippen LogP contribution in [0.25, 0.3) is 0 Å². The first-order valence-corrected chi connectivity index (χ1v) is 10.9. The molecular weight excluding hydrogens is 392 g/mol. The quantitative estimate of drug-likeness (QED) is 0.458. The highest BCUT2D eigenvalue weighted by Crippen LogP contribution is 2.59. The van der Waals surface area contributed by atoms with Crippen molar-refractivity contribution >= 4 is 41.6 Å². The van der Waals surface area contributed by atoms with Gasteiger partial charge in [-0.15, -0.1) is 0 Å². The van der Waals surface area contributed by atoms with Gasteiger partial charge in [0.1, 0.15) is 0 Å². The lowest BCUT2D eigenvalue weighted by Gasteiger charge is -2.26. The minimum absolute atomic E-state index is 0.229. The molecule has 4 nitrogen and oxygen atoms in total.